The van der Waals surface area contributed by atoms with Crippen molar-refractivity contribution in [3.05, 3.63) is 52.7 Å². The largest absolute Gasteiger partial charge is 0.417 e. The molecule has 0 aliphatic heterocycles. The topological polar surface area (TPSA) is 54.0 Å². The number of benzene rings is 1. The van der Waals surface area contributed by atoms with E-state index in [0.717, 1.165) is 12.3 Å². The van der Waals surface area contributed by atoms with Gasteiger partial charge in [0.15, 0.2) is 0 Å². The van der Waals surface area contributed by atoms with Crippen LogP contribution in [0, 0.1) is 0 Å². The van der Waals surface area contributed by atoms with Crippen LogP contribution in [-0.4, -0.2) is 17.9 Å². The molecule has 2 rings (SSSR count). The molecule has 1 aromatic carbocycles. The number of alkyl halides is 3. The second kappa shape index (κ2) is 6.23. The van der Waals surface area contributed by atoms with Gasteiger partial charge in [-0.1, -0.05) is 11.6 Å². The third kappa shape index (κ3) is 3.67. The number of hydrogen-bond acceptors (Lipinski definition) is 3. The van der Waals surface area contributed by atoms with Crippen LogP contribution in [0.4, 0.5) is 24.7 Å². The number of hydrogen-bond donors (Lipinski definition) is 2. The molecule has 0 unspecified atom stereocenters. The van der Waals surface area contributed by atoms with E-state index in [1.807, 2.05) is 0 Å². The standard InChI is InChI=1S/C14H11ClF3N3O/c1-19-12-6-11(14(16,17)18)10(7-20-12)13(22)21-9-4-2-8(15)3-5-9/h2-7H,1H3,(H,19,20)(H,21,22). The normalized spacial score (nSPS) is 11.1. The summed E-state index contributed by atoms with van der Waals surface area (Å²) < 4.78 is 39.2. The lowest BCUT2D eigenvalue weighted by Gasteiger charge is -2.14. The summed E-state index contributed by atoms with van der Waals surface area (Å²) in [5.41, 5.74) is -1.28. The molecule has 22 heavy (non-hydrogen) atoms. The molecule has 1 amide bonds. The van der Waals surface area contributed by atoms with Crippen LogP contribution in [0.5, 0.6) is 0 Å². The molecule has 2 N–H and O–H groups in total. The molecule has 0 saturated heterocycles. The number of carbonyl (C=O) groups is 1. The van der Waals surface area contributed by atoms with Gasteiger partial charge in [-0.25, -0.2) is 4.98 Å². The highest BCUT2D eigenvalue weighted by Crippen LogP contribution is 2.33. The molecule has 8 heteroatoms. The predicted octanol–water partition coefficient (Wildman–Crippen LogP) is 4.05. The molecular formula is C14H11ClF3N3O. The Bertz CT molecular complexity index is 687. The van der Waals surface area contributed by atoms with Gasteiger partial charge in [0, 0.05) is 24.0 Å². The van der Waals surface area contributed by atoms with Crippen molar-refractivity contribution in [3.63, 3.8) is 0 Å². The zero-order valence-corrected chi connectivity index (χ0v) is 12.1. The zero-order valence-electron chi connectivity index (χ0n) is 11.3. The van der Waals surface area contributed by atoms with Gasteiger partial charge in [-0.2, -0.15) is 13.2 Å². The van der Waals surface area contributed by atoms with E-state index in [2.05, 4.69) is 15.6 Å². The van der Waals surface area contributed by atoms with Gasteiger partial charge in [-0.15, -0.1) is 0 Å². The molecule has 116 valence electrons. The molecular weight excluding hydrogens is 319 g/mol. The maximum atomic E-state index is 13.1. The Hall–Kier alpha value is -2.28. The number of halogens is 4. The summed E-state index contributed by atoms with van der Waals surface area (Å²) >= 11 is 5.71. The SMILES string of the molecule is CNc1cc(C(F)(F)F)c(C(=O)Nc2ccc(Cl)cc2)cn1. The molecule has 0 aliphatic carbocycles. The van der Waals surface area contributed by atoms with Crippen LogP contribution in [0.3, 0.4) is 0 Å². The minimum absolute atomic E-state index is 0.0235. The van der Waals surface area contributed by atoms with Crippen molar-refractivity contribution in [3.8, 4) is 0 Å². The fraction of sp³-hybridized carbons (Fsp3) is 0.143. The summed E-state index contributed by atoms with van der Waals surface area (Å²) in [4.78, 5) is 15.8. The summed E-state index contributed by atoms with van der Waals surface area (Å²) in [6.45, 7) is 0. The van der Waals surface area contributed by atoms with Crippen LogP contribution in [-0.2, 0) is 6.18 Å². The minimum Gasteiger partial charge on any atom is -0.373 e. The zero-order chi connectivity index (χ0) is 16.3. The average Bonchev–Trinajstić information content (AvgIpc) is 2.48. The maximum Gasteiger partial charge on any atom is 0.417 e. The number of aromatic nitrogens is 1. The van der Waals surface area contributed by atoms with Crippen molar-refractivity contribution in [2.75, 3.05) is 17.7 Å². The molecule has 2 aromatic rings. The molecule has 0 radical (unpaired) electrons. The van der Waals surface area contributed by atoms with Crippen molar-refractivity contribution in [2.24, 2.45) is 0 Å². The minimum atomic E-state index is -4.67. The van der Waals surface area contributed by atoms with E-state index in [1.165, 1.54) is 31.3 Å². The second-order valence-electron chi connectivity index (χ2n) is 4.32. The van der Waals surface area contributed by atoms with Crippen LogP contribution >= 0.6 is 11.6 Å². The van der Waals surface area contributed by atoms with Gasteiger partial charge in [0.25, 0.3) is 5.91 Å². The summed E-state index contributed by atoms with van der Waals surface area (Å²) in [5, 5.41) is 5.33. The first kappa shape index (κ1) is 16.1. The van der Waals surface area contributed by atoms with Crippen molar-refractivity contribution < 1.29 is 18.0 Å². The Morgan fingerprint density at radius 3 is 2.41 bits per heavy atom. The molecule has 1 heterocycles. The van der Waals surface area contributed by atoms with Gasteiger partial charge in [0.05, 0.1) is 11.1 Å². The van der Waals surface area contributed by atoms with Gasteiger partial charge in [0.1, 0.15) is 5.82 Å². The van der Waals surface area contributed by atoms with Crippen molar-refractivity contribution in [2.45, 2.75) is 6.18 Å². The molecule has 0 fully saturated rings. The molecule has 0 atom stereocenters. The third-order valence-corrected chi connectivity index (χ3v) is 3.06. The first-order valence-electron chi connectivity index (χ1n) is 6.13. The molecule has 0 bridgehead atoms. The lowest BCUT2D eigenvalue weighted by Crippen LogP contribution is -2.19. The average molecular weight is 330 g/mol. The van der Waals surface area contributed by atoms with Crippen LogP contribution in [0.25, 0.3) is 0 Å². The van der Waals surface area contributed by atoms with Gasteiger partial charge >= 0.3 is 6.18 Å². The van der Waals surface area contributed by atoms with E-state index < -0.39 is 23.2 Å². The Morgan fingerprint density at radius 2 is 1.86 bits per heavy atom. The molecule has 1 aromatic heterocycles. The summed E-state index contributed by atoms with van der Waals surface area (Å²) in [7, 11) is 1.44. The molecule has 0 saturated carbocycles. The van der Waals surface area contributed by atoms with Crippen LogP contribution < -0.4 is 10.6 Å². The van der Waals surface area contributed by atoms with Gasteiger partial charge in [-0.05, 0) is 30.3 Å². The lowest BCUT2D eigenvalue weighted by molar-refractivity contribution is -0.137. The fourth-order valence-electron chi connectivity index (χ4n) is 1.74. The number of nitrogens with one attached hydrogen (secondary N) is 2. The van der Waals surface area contributed by atoms with E-state index in [9.17, 15) is 18.0 Å². The van der Waals surface area contributed by atoms with Crippen molar-refractivity contribution >= 4 is 29.0 Å². The van der Waals surface area contributed by atoms with E-state index >= 15 is 0 Å². The lowest BCUT2D eigenvalue weighted by atomic mass is 10.1. The van der Waals surface area contributed by atoms with Crippen molar-refractivity contribution in [1.82, 2.24) is 4.98 Å². The fourth-order valence-corrected chi connectivity index (χ4v) is 1.87. The van der Waals surface area contributed by atoms with Gasteiger partial charge in [-0.3, -0.25) is 4.79 Å². The Balaban J connectivity index is 2.34. The Kier molecular flexibility index (Phi) is 4.56. The quantitative estimate of drug-likeness (QED) is 0.893. The molecule has 0 aliphatic rings. The van der Waals surface area contributed by atoms with E-state index in [4.69, 9.17) is 11.6 Å². The number of pyridine rings is 1. The first-order valence-corrected chi connectivity index (χ1v) is 6.51. The second-order valence-corrected chi connectivity index (χ2v) is 4.76. The number of carbonyl (C=O) groups excluding carboxylic acids is 1. The van der Waals surface area contributed by atoms with E-state index in [0.29, 0.717) is 10.7 Å². The number of anilines is 2. The Morgan fingerprint density at radius 1 is 1.23 bits per heavy atom. The molecule has 4 nitrogen and oxygen atoms in total. The van der Waals surface area contributed by atoms with Crippen LogP contribution in [0.15, 0.2) is 36.5 Å². The van der Waals surface area contributed by atoms with E-state index in [1.54, 1.807) is 0 Å². The van der Waals surface area contributed by atoms with Gasteiger partial charge < -0.3 is 10.6 Å². The number of rotatable bonds is 3. The van der Waals surface area contributed by atoms with Gasteiger partial charge in [0.2, 0.25) is 0 Å². The van der Waals surface area contributed by atoms with Crippen LogP contribution in [0.2, 0.25) is 5.02 Å². The van der Waals surface area contributed by atoms with E-state index in [-0.39, 0.29) is 5.82 Å². The summed E-state index contributed by atoms with van der Waals surface area (Å²) in [6, 6.07) is 6.80. The monoisotopic (exact) mass is 329 g/mol. The Labute approximate surface area is 129 Å². The van der Waals surface area contributed by atoms with Crippen LogP contribution in [0.1, 0.15) is 15.9 Å². The first-order chi connectivity index (χ1) is 10.3. The molecule has 0 spiro atoms. The summed E-state index contributed by atoms with van der Waals surface area (Å²) in [5.74, 6) is -0.875. The summed E-state index contributed by atoms with van der Waals surface area (Å²) in [6.07, 6.45) is -3.78. The van der Waals surface area contributed by atoms with Crippen molar-refractivity contribution in [1.29, 1.82) is 0 Å². The highest BCUT2D eigenvalue weighted by atomic mass is 35.5. The predicted molar refractivity (Wildman–Crippen MR) is 78.2 cm³/mol. The smallest absolute Gasteiger partial charge is 0.373 e. The maximum absolute atomic E-state index is 13.1. The highest BCUT2D eigenvalue weighted by Gasteiger charge is 2.36. The number of amides is 1. The third-order valence-electron chi connectivity index (χ3n) is 2.81. The number of nitrogens with zero attached hydrogens (tertiary/aromatic N) is 1. The highest BCUT2D eigenvalue weighted by molar-refractivity contribution is 6.30.